The van der Waals surface area contributed by atoms with Gasteiger partial charge in [-0.3, -0.25) is 14.1 Å². The molecule has 0 spiro atoms. The van der Waals surface area contributed by atoms with Gasteiger partial charge in [-0.15, -0.1) is 0 Å². The molecule has 0 saturated heterocycles. The van der Waals surface area contributed by atoms with E-state index in [1.807, 2.05) is 0 Å². The average Bonchev–Trinajstić information content (AvgIpc) is 3.08. The summed E-state index contributed by atoms with van der Waals surface area (Å²) in [5, 5.41) is 0. The van der Waals surface area contributed by atoms with Crippen LogP contribution in [-0.4, -0.2) is 41.0 Å². The van der Waals surface area contributed by atoms with Crippen molar-refractivity contribution in [1.29, 1.82) is 0 Å². The maximum Gasteiger partial charge on any atom is 0.469 e. The van der Waals surface area contributed by atoms with E-state index < -0.39 is 32.5 Å². The van der Waals surface area contributed by atoms with Gasteiger partial charge in [0.05, 0.1) is 6.61 Å². The van der Waals surface area contributed by atoms with Gasteiger partial charge in [-0.1, -0.05) is 132 Å². The highest BCUT2D eigenvalue weighted by Gasteiger charge is 2.22. The van der Waals surface area contributed by atoms with Gasteiger partial charge in [0.1, 0.15) is 6.61 Å². The summed E-state index contributed by atoms with van der Waals surface area (Å²) in [5.41, 5.74) is 0. The van der Waals surface area contributed by atoms with Crippen LogP contribution in [0.1, 0.15) is 155 Å². The molecule has 0 aromatic carbocycles. The molecule has 0 unspecified atom stereocenters. The Labute approximate surface area is 304 Å². The Bertz CT molecular complexity index is 1040. The quantitative estimate of drug-likeness (QED) is 0.0292. The van der Waals surface area contributed by atoms with E-state index >= 15 is 0 Å². The Morgan fingerprint density at radius 1 is 0.540 bits per heavy atom. The second-order valence-electron chi connectivity index (χ2n) is 12.5. The summed E-state index contributed by atoms with van der Waals surface area (Å²) in [6.07, 6.45) is 46.2. The van der Waals surface area contributed by atoms with Gasteiger partial charge in [0.2, 0.25) is 0 Å². The van der Waals surface area contributed by atoms with Crippen LogP contribution in [0.5, 0.6) is 0 Å². The minimum atomic E-state index is -4.77. The lowest BCUT2D eigenvalue weighted by Gasteiger charge is -2.18. The lowest BCUT2D eigenvalue weighted by molar-refractivity contribution is -0.161. The van der Waals surface area contributed by atoms with Crippen LogP contribution in [0.15, 0.2) is 72.9 Å². The van der Waals surface area contributed by atoms with Gasteiger partial charge < -0.3 is 19.3 Å². The number of unbranched alkanes of at least 4 members (excludes halogenated alkanes) is 12. The summed E-state index contributed by atoms with van der Waals surface area (Å²) in [4.78, 5) is 42.7. The number of carbonyl (C=O) groups is 2. The number of phosphoric ester groups is 1. The Hall–Kier alpha value is -2.51. The molecular weight excluding hydrogens is 651 g/mol. The van der Waals surface area contributed by atoms with Crippen molar-refractivity contribution in [1.82, 2.24) is 0 Å². The highest BCUT2D eigenvalue weighted by molar-refractivity contribution is 7.46. The zero-order valence-electron chi connectivity index (χ0n) is 31.3. The molecular formula is C41H69O8P. The van der Waals surface area contributed by atoms with Crippen molar-refractivity contribution in [2.24, 2.45) is 0 Å². The first-order chi connectivity index (χ1) is 24.3. The molecule has 2 N–H and O–H groups in total. The highest BCUT2D eigenvalue weighted by Crippen LogP contribution is 2.36. The number of esters is 2. The lowest BCUT2D eigenvalue weighted by atomic mass is 10.1. The minimum absolute atomic E-state index is 0.178. The number of phosphoric acid groups is 1. The van der Waals surface area contributed by atoms with Gasteiger partial charge in [0.15, 0.2) is 6.10 Å². The predicted molar refractivity (Wildman–Crippen MR) is 207 cm³/mol. The molecule has 0 radical (unpaired) electrons. The summed E-state index contributed by atoms with van der Waals surface area (Å²) in [6, 6.07) is 0. The van der Waals surface area contributed by atoms with Crippen molar-refractivity contribution >= 4 is 19.8 Å². The Morgan fingerprint density at radius 3 is 1.44 bits per heavy atom. The second kappa shape index (κ2) is 36.3. The van der Waals surface area contributed by atoms with E-state index in [2.05, 4.69) is 91.3 Å². The first kappa shape index (κ1) is 47.5. The van der Waals surface area contributed by atoms with Crippen LogP contribution >= 0.6 is 7.82 Å². The standard InChI is InChI=1S/C41H69O8P/c1-3-5-7-9-11-13-15-17-19-20-22-24-26-28-30-32-34-36-41(43)49-39(38-48-50(44,45)46)37-47-40(42)35-33-31-29-27-25-23-21-18-16-14-12-10-8-6-4-2/h6,8,11-14,17-19,21-22,24,39H,3-5,7,9-10,15-16,20,23,25-38H2,1-2H3,(H2,44,45,46)/b8-6-,13-11-,14-12-,19-17-,21-18-,24-22-/t39-/m1/s1. The third-order valence-electron chi connectivity index (χ3n) is 7.71. The summed E-state index contributed by atoms with van der Waals surface area (Å²) in [7, 11) is -4.77. The molecule has 286 valence electrons. The number of ether oxygens (including phenoxy) is 2. The molecule has 8 nitrogen and oxygen atoms in total. The molecule has 0 aliphatic rings. The van der Waals surface area contributed by atoms with Gasteiger partial charge >= 0.3 is 19.8 Å². The molecule has 0 aromatic rings. The predicted octanol–water partition coefficient (Wildman–Crippen LogP) is 11.5. The lowest BCUT2D eigenvalue weighted by Crippen LogP contribution is -2.29. The number of rotatable bonds is 34. The monoisotopic (exact) mass is 720 g/mol. The Morgan fingerprint density at radius 2 is 0.960 bits per heavy atom. The van der Waals surface area contributed by atoms with Crippen molar-refractivity contribution < 1.29 is 37.9 Å². The zero-order chi connectivity index (χ0) is 36.8. The average molecular weight is 721 g/mol. The van der Waals surface area contributed by atoms with Crippen molar-refractivity contribution in [2.75, 3.05) is 13.2 Å². The maximum atomic E-state index is 12.4. The topological polar surface area (TPSA) is 119 Å². The molecule has 0 amide bonds. The van der Waals surface area contributed by atoms with Crippen LogP contribution in [-0.2, 0) is 28.2 Å². The fourth-order valence-corrected chi connectivity index (χ4v) is 5.22. The zero-order valence-corrected chi connectivity index (χ0v) is 32.2. The van der Waals surface area contributed by atoms with Gasteiger partial charge in [0.25, 0.3) is 0 Å². The molecule has 0 aromatic heterocycles. The molecule has 0 bridgehead atoms. The van der Waals surface area contributed by atoms with E-state index in [1.165, 1.54) is 25.7 Å². The third kappa shape index (κ3) is 38.3. The fraction of sp³-hybridized carbons (Fsp3) is 0.659. The summed E-state index contributed by atoms with van der Waals surface area (Å²) < 4.78 is 26.3. The van der Waals surface area contributed by atoms with Gasteiger partial charge in [-0.25, -0.2) is 4.57 Å². The molecule has 1 atom stereocenters. The maximum absolute atomic E-state index is 12.4. The van der Waals surface area contributed by atoms with Crippen LogP contribution in [0.25, 0.3) is 0 Å². The van der Waals surface area contributed by atoms with Crippen LogP contribution in [0.4, 0.5) is 0 Å². The van der Waals surface area contributed by atoms with Crippen molar-refractivity contribution in [2.45, 2.75) is 161 Å². The van der Waals surface area contributed by atoms with Crippen molar-refractivity contribution in [3.8, 4) is 0 Å². The largest absolute Gasteiger partial charge is 0.469 e. The molecule has 0 heterocycles. The number of hydrogen-bond acceptors (Lipinski definition) is 6. The highest BCUT2D eigenvalue weighted by atomic mass is 31.2. The molecule has 9 heteroatoms. The van der Waals surface area contributed by atoms with E-state index in [9.17, 15) is 14.2 Å². The number of hydrogen-bond donors (Lipinski definition) is 2. The first-order valence-corrected chi connectivity index (χ1v) is 20.8. The molecule has 0 saturated carbocycles. The van der Waals surface area contributed by atoms with Crippen molar-refractivity contribution in [3.05, 3.63) is 72.9 Å². The van der Waals surface area contributed by atoms with Gasteiger partial charge in [0, 0.05) is 12.8 Å². The van der Waals surface area contributed by atoms with Crippen molar-refractivity contribution in [3.63, 3.8) is 0 Å². The molecule has 50 heavy (non-hydrogen) atoms. The Kier molecular flexibility index (Phi) is 34.5. The molecule has 0 fully saturated rings. The van der Waals surface area contributed by atoms with Crippen LogP contribution in [0.2, 0.25) is 0 Å². The van der Waals surface area contributed by atoms with E-state index in [0.29, 0.717) is 12.8 Å². The summed E-state index contributed by atoms with van der Waals surface area (Å²) in [6.45, 7) is 3.49. The van der Waals surface area contributed by atoms with E-state index in [-0.39, 0.29) is 19.4 Å². The Balaban J connectivity index is 4.05. The normalized spacial score (nSPS) is 13.3. The molecule has 0 rings (SSSR count). The van der Waals surface area contributed by atoms with Crippen LogP contribution in [0.3, 0.4) is 0 Å². The molecule has 0 aliphatic carbocycles. The second-order valence-corrected chi connectivity index (χ2v) is 13.8. The SMILES string of the molecule is CC/C=C\C/C=C\C/C=C\CCCCCCCC(=O)OC[C@H](COP(=O)(O)O)OC(=O)CCCCCC/C=C\C/C=C\C/C=C\CCCCC. The number of allylic oxidation sites excluding steroid dienone is 12. The number of carbonyl (C=O) groups excluding carboxylic acids is 2. The van der Waals surface area contributed by atoms with E-state index in [1.54, 1.807) is 0 Å². The summed E-state index contributed by atoms with van der Waals surface area (Å²) >= 11 is 0. The smallest absolute Gasteiger partial charge is 0.462 e. The fourth-order valence-electron chi connectivity index (χ4n) is 4.86. The third-order valence-corrected chi connectivity index (χ3v) is 8.19. The summed E-state index contributed by atoms with van der Waals surface area (Å²) in [5.74, 6) is -0.937. The van der Waals surface area contributed by atoms with Crippen LogP contribution in [0, 0.1) is 0 Å². The molecule has 0 aliphatic heterocycles. The minimum Gasteiger partial charge on any atom is -0.462 e. The van der Waals surface area contributed by atoms with Gasteiger partial charge in [-0.05, 0) is 83.5 Å². The van der Waals surface area contributed by atoms with E-state index in [0.717, 1.165) is 89.9 Å². The van der Waals surface area contributed by atoms with E-state index in [4.69, 9.17) is 19.3 Å². The first-order valence-electron chi connectivity index (χ1n) is 19.2. The van der Waals surface area contributed by atoms with Gasteiger partial charge in [-0.2, -0.15) is 0 Å². The van der Waals surface area contributed by atoms with Crippen LogP contribution < -0.4 is 0 Å².